The number of amides is 1. The second kappa shape index (κ2) is 8.04. The molecule has 3 rings (SSSR count). The van der Waals surface area contributed by atoms with Crippen molar-refractivity contribution < 1.29 is 9.21 Å². The minimum Gasteiger partial charge on any atom is -0.411 e. The maximum absolute atomic E-state index is 12.5. The Morgan fingerprint density at radius 1 is 1.24 bits per heavy atom. The number of nitrogens with one attached hydrogen (secondary N) is 1. The standard InChI is InChI=1S/C19H25N3O2S/c1-12-8-10-15(11-9-12)18-21-22-19(24-18)25-14(3)17(23)20-16-7-5-4-6-13(16)2/h8-11,13-14,16H,4-7H2,1-3H3,(H,20,23). The topological polar surface area (TPSA) is 68.0 Å². The van der Waals surface area contributed by atoms with Crippen LogP contribution in [0.2, 0.25) is 0 Å². The maximum Gasteiger partial charge on any atom is 0.277 e. The quantitative estimate of drug-likeness (QED) is 0.810. The first-order chi connectivity index (χ1) is 12.0. The van der Waals surface area contributed by atoms with E-state index in [4.69, 9.17) is 4.42 Å². The van der Waals surface area contributed by atoms with Crippen molar-refractivity contribution in [3.8, 4) is 11.5 Å². The predicted molar refractivity (Wildman–Crippen MR) is 99.4 cm³/mol. The number of carbonyl (C=O) groups is 1. The summed E-state index contributed by atoms with van der Waals surface area (Å²) < 4.78 is 5.70. The fourth-order valence-electron chi connectivity index (χ4n) is 3.11. The van der Waals surface area contributed by atoms with Crippen molar-refractivity contribution in [3.63, 3.8) is 0 Å². The van der Waals surface area contributed by atoms with Gasteiger partial charge in [-0.3, -0.25) is 4.79 Å². The third kappa shape index (κ3) is 4.63. The van der Waals surface area contributed by atoms with Gasteiger partial charge in [-0.1, -0.05) is 49.2 Å². The Bertz CT molecular complexity index is 714. The number of nitrogens with zero attached hydrogens (tertiary/aromatic N) is 2. The normalized spacial score (nSPS) is 21.7. The lowest BCUT2D eigenvalue weighted by molar-refractivity contribution is -0.121. The number of rotatable bonds is 5. The molecule has 1 aromatic carbocycles. The molecule has 0 spiro atoms. The number of hydrogen-bond acceptors (Lipinski definition) is 5. The van der Waals surface area contributed by atoms with Crippen molar-refractivity contribution in [2.45, 2.75) is 63.0 Å². The SMILES string of the molecule is Cc1ccc(-c2nnc(SC(C)C(=O)NC3CCCCC3C)o2)cc1. The van der Waals surface area contributed by atoms with Gasteiger partial charge < -0.3 is 9.73 Å². The molecule has 1 amide bonds. The highest BCUT2D eigenvalue weighted by Crippen LogP contribution is 2.28. The lowest BCUT2D eigenvalue weighted by atomic mass is 9.86. The van der Waals surface area contributed by atoms with Crippen LogP contribution in [0.1, 0.15) is 45.1 Å². The molecule has 134 valence electrons. The molecule has 25 heavy (non-hydrogen) atoms. The molecule has 3 atom stereocenters. The van der Waals surface area contributed by atoms with Crippen LogP contribution in [-0.4, -0.2) is 27.4 Å². The Morgan fingerprint density at radius 3 is 2.68 bits per heavy atom. The molecule has 6 heteroatoms. The van der Waals surface area contributed by atoms with Crippen LogP contribution in [0.15, 0.2) is 33.9 Å². The number of aromatic nitrogens is 2. The average molecular weight is 359 g/mol. The number of thioether (sulfide) groups is 1. The Morgan fingerprint density at radius 2 is 1.96 bits per heavy atom. The third-order valence-corrected chi connectivity index (χ3v) is 5.73. The molecule has 1 fully saturated rings. The maximum atomic E-state index is 12.5. The fourth-order valence-corrected chi connectivity index (χ4v) is 3.80. The molecule has 0 bridgehead atoms. The van der Waals surface area contributed by atoms with Gasteiger partial charge in [-0.15, -0.1) is 10.2 Å². The van der Waals surface area contributed by atoms with Crippen molar-refractivity contribution in [1.29, 1.82) is 0 Å². The molecule has 0 saturated heterocycles. The van der Waals surface area contributed by atoms with Crippen LogP contribution in [0.4, 0.5) is 0 Å². The minimum atomic E-state index is -0.263. The molecule has 2 aromatic rings. The highest BCUT2D eigenvalue weighted by molar-refractivity contribution is 8.00. The van der Waals surface area contributed by atoms with E-state index in [1.54, 1.807) is 0 Å². The summed E-state index contributed by atoms with van der Waals surface area (Å²) in [4.78, 5) is 12.5. The van der Waals surface area contributed by atoms with Gasteiger partial charge in [0.2, 0.25) is 11.8 Å². The highest BCUT2D eigenvalue weighted by atomic mass is 32.2. The van der Waals surface area contributed by atoms with Crippen LogP contribution in [0, 0.1) is 12.8 Å². The highest BCUT2D eigenvalue weighted by Gasteiger charge is 2.26. The van der Waals surface area contributed by atoms with Gasteiger partial charge in [0, 0.05) is 11.6 Å². The van der Waals surface area contributed by atoms with E-state index in [0.29, 0.717) is 17.0 Å². The van der Waals surface area contributed by atoms with E-state index < -0.39 is 0 Å². The zero-order chi connectivity index (χ0) is 17.8. The van der Waals surface area contributed by atoms with Gasteiger partial charge in [0.05, 0.1) is 5.25 Å². The largest absolute Gasteiger partial charge is 0.411 e. The van der Waals surface area contributed by atoms with Crippen LogP contribution in [-0.2, 0) is 4.79 Å². The van der Waals surface area contributed by atoms with E-state index in [9.17, 15) is 4.79 Å². The number of aryl methyl sites for hydroxylation is 1. The summed E-state index contributed by atoms with van der Waals surface area (Å²) >= 11 is 1.31. The number of carbonyl (C=O) groups excluding carboxylic acids is 1. The summed E-state index contributed by atoms with van der Waals surface area (Å²) in [5, 5.41) is 11.5. The van der Waals surface area contributed by atoms with E-state index in [1.165, 1.54) is 36.6 Å². The zero-order valence-electron chi connectivity index (χ0n) is 15.0. The summed E-state index contributed by atoms with van der Waals surface area (Å²) in [5.41, 5.74) is 2.07. The first kappa shape index (κ1) is 18.0. The Balaban J connectivity index is 1.58. The van der Waals surface area contributed by atoms with Gasteiger partial charge in [0.15, 0.2) is 0 Å². The van der Waals surface area contributed by atoms with Crippen LogP contribution >= 0.6 is 11.8 Å². The van der Waals surface area contributed by atoms with E-state index >= 15 is 0 Å². The van der Waals surface area contributed by atoms with Crippen LogP contribution in [0.3, 0.4) is 0 Å². The summed E-state index contributed by atoms with van der Waals surface area (Å²) in [7, 11) is 0. The molecule has 1 saturated carbocycles. The molecule has 1 aliphatic carbocycles. The summed E-state index contributed by atoms with van der Waals surface area (Å²) in [5.74, 6) is 1.07. The van der Waals surface area contributed by atoms with E-state index in [0.717, 1.165) is 12.0 Å². The van der Waals surface area contributed by atoms with E-state index in [-0.39, 0.29) is 17.2 Å². The minimum absolute atomic E-state index is 0.0406. The van der Waals surface area contributed by atoms with Crippen molar-refractivity contribution in [2.24, 2.45) is 5.92 Å². The van der Waals surface area contributed by atoms with Gasteiger partial charge in [-0.2, -0.15) is 0 Å². The fraction of sp³-hybridized carbons (Fsp3) is 0.526. The van der Waals surface area contributed by atoms with Crippen LogP contribution in [0.5, 0.6) is 0 Å². The molecular formula is C19H25N3O2S. The van der Waals surface area contributed by atoms with Crippen molar-refractivity contribution in [3.05, 3.63) is 29.8 Å². The molecule has 0 radical (unpaired) electrons. The third-order valence-electron chi connectivity index (χ3n) is 4.79. The first-order valence-electron chi connectivity index (χ1n) is 8.90. The number of benzene rings is 1. The van der Waals surface area contributed by atoms with Crippen LogP contribution in [0.25, 0.3) is 11.5 Å². The molecule has 1 aliphatic rings. The monoisotopic (exact) mass is 359 g/mol. The Kier molecular flexibility index (Phi) is 5.78. The zero-order valence-corrected chi connectivity index (χ0v) is 15.8. The molecule has 1 N–H and O–H groups in total. The smallest absolute Gasteiger partial charge is 0.277 e. The summed E-state index contributed by atoms with van der Waals surface area (Å²) in [6.45, 7) is 6.13. The van der Waals surface area contributed by atoms with Gasteiger partial charge in [-0.25, -0.2) is 0 Å². The summed E-state index contributed by atoms with van der Waals surface area (Å²) in [6, 6.07) is 8.22. The lowest BCUT2D eigenvalue weighted by Crippen LogP contribution is -2.44. The van der Waals surface area contributed by atoms with Gasteiger partial charge >= 0.3 is 0 Å². The van der Waals surface area contributed by atoms with E-state index in [2.05, 4.69) is 22.4 Å². The number of hydrogen-bond donors (Lipinski definition) is 1. The Labute approximate surface area is 153 Å². The van der Waals surface area contributed by atoms with Crippen molar-refractivity contribution in [1.82, 2.24) is 15.5 Å². The van der Waals surface area contributed by atoms with Gasteiger partial charge in [0.25, 0.3) is 5.22 Å². The molecule has 0 aliphatic heterocycles. The molecular weight excluding hydrogens is 334 g/mol. The molecule has 3 unspecified atom stereocenters. The molecule has 5 nitrogen and oxygen atoms in total. The molecule has 1 aromatic heterocycles. The van der Waals surface area contributed by atoms with Crippen molar-refractivity contribution >= 4 is 17.7 Å². The Hall–Kier alpha value is -1.82. The second-order valence-electron chi connectivity index (χ2n) is 6.88. The van der Waals surface area contributed by atoms with Crippen molar-refractivity contribution in [2.75, 3.05) is 0 Å². The summed E-state index contributed by atoms with van der Waals surface area (Å²) in [6.07, 6.45) is 4.72. The lowest BCUT2D eigenvalue weighted by Gasteiger charge is -2.30. The van der Waals surface area contributed by atoms with Crippen LogP contribution < -0.4 is 5.32 Å². The van der Waals surface area contributed by atoms with Gasteiger partial charge in [-0.05, 0) is 44.7 Å². The first-order valence-corrected chi connectivity index (χ1v) is 9.78. The molecule has 1 heterocycles. The van der Waals surface area contributed by atoms with Gasteiger partial charge in [0.1, 0.15) is 0 Å². The second-order valence-corrected chi connectivity index (χ2v) is 8.17. The predicted octanol–water partition coefficient (Wildman–Crippen LogP) is 4.22. The van der Waals surface area contributed by atoms with E-state index in [1.807, 2.05) is 38.1 Å². The average Bonchev–Trinajstić information content (AvgIpc) is 3.06.